The number of rotatable bonds is 1. The quantitative estimate of drug-likeness (QED) is 0.538. The summed E-state index contributed by atoms with van der Waals surface area (Å²) in [5, 5.41) is 10.8. The fourth-order valence-electron chi connectivity index (χ4n) is 0.777. The molecule has 12 heavy (non-hydrogen) atoms. The Balaban J connectivity index is 2.60. The van der Waals surface area contributed by atoms with Crippen LogP contribution in [-0.2, 0) is 0 Å². The fraction of sp³-hybridized carbons (Fsp3) is 0.400. The van der Waals surface area contributed by atoms with Crippen LogP contribution in [0.25, 0.3) is 5.78 Å². The van der Waals surface area contributed by atoms with Crippen LogP contribution in [0, 0.1) is 0 Å². The van der Waals surface area contributed by atoms with E-state index in [0.29, 0.717) is 11.7 Å². The van der Waals surface area contributed by atoms with E-state index in [1.807, 2.05) is 14.1 Å². The molecule has 0 aliphatic heterocycles. The molecule has 0 N–H and O–H groups in total. The molecule has 0 fully saturated rings. The molecule has 0 bridgehead atoms. The molecule has 0 atom stereocenters. The minimum atomic E-state index is 0.453. The Bertz CT molecular complexity index is 391. The van der Waals surface area contributed by atoms with Crippen LogP contribution in [0.2, 0.25) is 0 Å². The maximum atomic E-state index is 4.08. The third kappa shape index (κ3) is 0.949. The first kappa shape index (κ1) is 6.89. The molecule has 0 saturated heterocycles. The van der Waals surface area contributed by atoms with Crippen molar-refractivity contribution in [1.29, 1.82) is 0 Å². The maximum Gasteiger partial charge on any atom is 0.278 e. The van der Waals surface area contributed by atoms with Crippen LogP contribution >= 0.6 is 0 Å². The summed E-state index contributed by atoms with van der Waals surface area (Å²) in [4.78, 5) is 9.88. The number of hydrogen-bond acceptors (Lipinski definition) is 6. The van der Waals surface area contributed by atoms with Crippen molar-refractivity contribution in [2.75, 3.05) is 19.0 Å². The summed E-state index contributed by atoms with van der Waals surface area (Å²) in [6.45, 7) is 0. The Morgan fingerprint density at radius 1 is 1.42 bits per heavy atom. The normalized spacial score (nSPS) is 10.5. The standard InChI is InChI=1S/C5H7N7/c1-11(2)4-6-3-12-5(7-4)8-9-10-12/h3H,1-2H3. The van der Waals surface area contributed by atoms with E-state index < -0.39 is 0 Å². The van der Waals surface area contributed by atoms with Crippen LogP contribution in [0.1, 0.15) is 0 Å². The minimum Gasteiger partial charge on any atom is -0.347 e. The molecule has 2 heterocycles. The van der Waals surface area contributed by atoms with Gasteiger partial charge in [0.2, 0.25) is 5.95 Å². The van der Waals surface area contributed by atoms with Crippen molar-refractivity contribution >= 4 is 11.7 Å². The average molecular weight is 165 g/mol. The molecule has 62 valence electrons. The first-order chi connectivity index (χ1) is 5.77. The number of fused-ring (bicyclic) bond motifs is 1. The summed E-state index contributed by atoms with van der Waals surface area (Å²) < 4.78 is 1.41. The van der Waals surface area contributed by atoms with E-state index >= 15 is 0 Å². The van der Waals surface area contributed by atoms with E-state index in [-0.39, 0.29) is 0 Å². The van der Waals surface area contributed by atoms with E-state index in [9.17, 15) is 0 Å². The van der Waals surface area contributed by atoms with Crippen LogP contribution in [0.3, 0.4) is 0 Å². The molecular weight excluding hydrogens is 158 g/mol. The summed E-state index contributed by atoms with van der Waals surface area (Å²) in [6, 6.07) is 0. The van der Waals surface area contributed by atoms with Crippen molar-refractivity contribution in [3.05, 3.63) is 6.33 Å². The molecule has 2 aromatic heterocycles. The number of hydrogen-bond donors (Lipinski definition) is 0. The zero-order chi connectivity index (χ0) is 8.55. The van der Waals surface area contributed by atoms with Crippen molar-refractivity contribution in [2.24, 2.45) is 0 Å². The number of anilines is 1. The maximum absolute atomic E-state index is 4.08. The zero-order valence-corrected chi connectivity index (χ0v) is 6.71. The summed E-state index contributed by atoms with van der Waals surface area (Å²) in [5.74, 6) is 1.05. The predicted molar refractivity (Wildman–Crippen MR) is 40.7 cm³/mol. The third-order valence-electron chi connectivity index (χ3n) is 1.36. The van der Waals surface area contributed by atoms with Gasteiger partial charge >= 0.3 is 0 Å². The van der Waals surface area contributed by atoms with Crippen LogP contribution in [0.4, 0.5) is 5.95 Å². The van der Waals surface area contributed by atoms with Gasteiger partial charge in [0, 0.05) is 14.1 Å². The van der Waals surface area contributed by atoms with Crippen molar-refractivity contribution in [3.63, 3.8) is 0 Å². The molecule has 0 spiro atoms. The average Bonchev–Trinajstić information content (AvgIpc) is 2.49. The number of aromatic nitrogens is 6. The zero-order valence-electron chi connectivity index (χ0n) is 6.71. The lowest BCUT2D eigenvalue weighted by atomic mass is 10.8. The SMILES string of the molecule is CN(C)c1ncn2nnnc2n1. The summed E-state index contributed by atoms with van der Waals surface area (Å²) >= 11 is 0. The van der Waals surface area contributed by atoms with Gasteiger partial charge in [-0.15, -0.1) is 0 Å². The van der Waals surface area contributed by atoms with Crippen LogP contribution in [0.15, 0.2) is 6.33 Å². The highest BCUT2D eigenvalue weighted by atomic mass is 15.5. The molecule has 0 amide bonds. The van der Waals surface area contributed by atoms with Crippen LogP contribution in [-0.4, -0.2) is 44.1 Å². The first-order valence-electron chi connectivity index (χ1n) is 3.35. The highest BCUT2D eigenvalue weighted by Gasteiger charge is 2.02. The van der Waals surface area contributed by atoms with Gasteiger partial charge in [0.15, 0.2) is 0 Å². The second-order valence-electron chi connectivity index (χ2n) is 2.47. The lowest BCUT2D eigenvalue weighted by Crippen LogP contribution is -2.13. The molecule has 0 aromatic carbocycles. The molecule has 0 radical (unpaired) electrons. The third-order valence-corrected chi connectivity index (χ3v) is 1.36. The largest absolute Gasteiger partial charge is 0.347 e. The lowest BCUT2D eigenvalue weighted by molar-refractivity contribution is 0.800. The first-order valence-corrected chi connectivity index (χ1v) is 3.35. The van der Waals surface area contributed by atoms with Crippen LogP contribution < -0.4 is 4.90 Å². The molecule has 2 rings (SSSR count). The number of nitrogens with zero attached hydrogens (tertiary/aromatic N) is 7. The molecular formula is C5H7N7. The molecule has 0 saturated carbocycles. The van der Waals surface area contributed by atoms with E-state index in [1.54, 1.807) is 4.90 Å². The summed E-state index contributed by atoms with van der Waals surface area (Å²) in [6.07, 6.45) is 1.53. The van der Waals surface area contributed by atoms with Gasteiger partial charge < -0.3 is 4.90 Å². The monoisotopic (exact) mass is 165 g/mol. The van der Waals surface area contributed by atoms with Gasteiger partial charge in [0.25, 0.3) is 5.78 Å². The van der Waals surface area contributed by atoms with E-state index in [1.165, 1.54) is 10.8 Å². The molecule has 0 aliphatic rings. The highest BCUT2D eigenvalue weighted by Crippen LogP contribution is 2.00. The van der Waals surface area contributed by atoms with E-state index in [2.05, 4.69) is 25.5 Å². The topological polar surface area (TPSA) is 72.1 Å². The Hall–Kier alpha value is -1.79. The van der Waals surface area contributed by atoms with Crippen molar-refractivity contribution < 1.29 is 0 Å². The summed E-state index contributed by atoms with van der Waals surface area (Å²) in [7, 11) is 3.71. The van der Waals surface area contributed by atoms with Gasteiger partial charge in [-0.3, -0.25) is 0 Å². The Morgan fingerprint density at radius 2 is 2.25 bits per heavy atom. The molecule has 7 nitrogen and oxygen atoms in total. The van der Waals surface area contributed by atoms with Crippen LogP contribution in [0.5, 0.6) is 0 Å². The van der Waals surface area contributed by atoms with Gasteiger partial charge in [-0.25, -0.2) is 4.98 Å². The van der Waals surface area contributed by atoms with Gasteiger partial charge in [0.1, 0.15) is 6.33 Å². The van der Waals surface area contributed by atoms with Crippen molar-refractivity contribution in [3.8, 4) is 0 Å². The fourth-order valence-corrected chi connectivity index (χ4v) is 0.777. The Morgan fingerprint density at radius 3 is 3.00 bits per heavy atom. The lowest BCUT2D eigenvalue weighted by Gasteiger charge is -2.07. The molecule has 7 heteroatoms. The Labute approximate surface area is 68.0 Å². The second kappa shape index (κ2) is 2.36. The molecule has 2 aromatic rings. The smallest absolute Gasteiger partial charge is 0.278 e. The molecule has 0 unspecified atom stereocenters. The van der Waals surface area contributed by atoms with Crippen molar-refractivity contribution in [1.82, 2.24) is 30.0 Å². The predicted octanol–water partition coefficient (Wildman–Crippen LogP) is -1.02. The number of tetrazole rings is 1. The van der Waals surface area contributed by atoms with Gasteiger partial charge in [0.05, 0.1) is 0 Å². The van der Waals surface area contributed by atoms with E-state index in [4.69, 9.17) is 0 Å². The second-order valence-corrected chi connectivity index (χ2v) is 2.47. The highest BCUT2D eigenvalue weighted by molar-refractivity contribution is 5.33. The van der Waals surface area contributed by atoms with E-state index in [0.717, 1.165) is 0 Å². The summed E-state index contributed by atoms with van der Waals surface area (Å²) in [5.41, 5.74) is 0. The van der Waals surface area contributed by atoms with Gasteiger partial charge in [-0.05, 0) is 10.4 Å². The Kier molecular flexibility index (Phi) is 1.36. The minimum absolute atomic E-state index is 0.453. The van der Waals surface area contributed by atoms with Crippen molar-refractivity contribution in [2.45, 2.75) is 0 Å². The van der Waals surface area contributed by atoms with Gasteiger partial charge in [-0.1, -0.05) is 5.10 Å². The van der Waals surface area contributed by atoms with Gasteiger partial charge in [-0.2, -0.15) is 9.50 Å². The molecule has 0 aliphatic carbocycles.